The summed E-state index contributed by atoms with van der Waals surface area (Å²) >= 11 is 2.15. The van der Waals surface area contributed by atoms with Gasteiger partial charge in [0.2, 0.25) is 0 Å². The molecule has 0 amide bonds. The summed E-state index contributed by atoms with van der Waals surface area (Å²) in [4.78, 5) is 11.3. The lowest BCUT2D eigenvalue weighted by Gasteiger charge is -2.35. The molecule has 1 saturated carbocycles. The first-order valence-electron chi connectivity index (χ1n) is 11.4. The van der Waals surface area contributed by atoms with Gasteiger partial charge in [-0.05, 0) is 44.9 Å². The summed E-state index contributed by atoms with van der Waals surface area (Å²) in [6, 6.07) is 0. The summed E-state index contributed by atoms with van der Waals surface area (Å²) in [6.45, 7) is 2.86. The molecular formula is C23H35F4IO4. The molecular weight excluding hydrogens is 543 g/mol. The third-order valence-electron chi connectivity index (χ3n) is 7.06. The molecule has 4 nitrogen and oxygen atoms in total. The van der Waals surface area contributed by atoms with E-state index < -0.39 is 35.9 Å². The Morgan fingerprint density at radius 2 is 2.00 bits per heavy atom. The van der Waals surface area contributed by atoms with Crippen LogP contribution in [0.3, 0.4) is 0 Å². The molecule has 0 aromatic carbocycles. The topological polar surface area (TPSA) is 55.8 Å². The zero-order valence-corrected chi connectivity index (χ0v) is 21.1. The van der Waals surface area contributed by atoms with Crippen LogP contribution >= 0.6 is 22.6 Å². The summed E-state index contributed by atoms with van der Waals surface area (Å²) in [7, 11) is 1.33. The minimum absolute atomic E-state index is 0.115. The average molecular weight is 578 g/mol. The Morgan fingerprint density at radius 1 is 1.31 bits per heavy atom. The van der Waals surface area contributed by atoms with Crippen molar-refractivity contribution in [3.63, 3.8) is 0 Å². The first kappa shape index (κ1) is 27.8. The molecule has 0 aromatic rings. The van der Waals surface area contributed by atoms with E-state index in [1.165, 1.54) is 13.2 Å². The molecule has 0 bridgehead atoms. The van der Waals surface area contributed by atoms with Crippen molar-refractivity contribution in [3.05, 3.63) is 12.2 Å². The van der Waals surface area contributed by atoms with Crippen molar-refractivity contribution in [2.24, 2.45) is 17.3 Å². The second-order valence-corrected chi connectivity index (χ2v) is 10.8. The van der Waals surface area contributed by atoms with Crippen molar-refractivity contribution < 1.29 is 36.9 Å². The van der Waals surface area contributed by atoms with Crippen LogP contribution < -0.4 is 0 Å². The highest BCUT2D eigenvalue weighted by Gasteiger charge is 2.55. The maximum atomic E-state index is 15.3. The van der Waals surface area contributed by atoms with Crippen LogP contribution in [0.2, 0.25) is 0 Å². The predicted molar refractivity (Wildman–Crippen MR) is 122 cm³/mol. The third-order valence-corrected chi connectivity index (χ3v) is 8.39. The van der Waals surface area contributed by atoms with Crippen molar-refractivity contribution in [1.82, 2.24) is 0 Å². The zero-order valence-electron chi connectivity index (χ0n) is 18.9. The number of unbranched alkanes of at least 4 members (excludes halogenated alkanes) is 1. The van der Waals surface area contributed by atoms with Crippen LogP contribution in [-0.4, -0.2) is 52.8 Å². The highest BCUT2D eigenvalue weighted by atomic mass is 127. The standard InChI is InChI=1S/C23H35F4IO4/c1-4-5-13-22(2,23(25,26)27)17(29)12-10-14-9-11-16-19(14)20(24)21(32-16)15(28)7-6-8-18(30)31-3/h10,12,14-17,19-21,29H,4-9,11,13H2,1-3H3/t14-,15?,16-,17-,19-,20+,21+,22?/m1/s1. The first-order valence-corrected chi connectivity index (χ1v) is 12.6. The second-order valence-electron chi connectivity index (χ2n) is 9.24. The van der Waals surface area contributed by atoms with Gasteiger partial charge in [0.1, 0.15) is 12.3 Å². The molecule has 0 aromatic heterocycles. The highest BCUT2D eigenvalue weighted by Crippen LogP contribution is 2.49. The molecule has 32 heavy (non-hydrogen) atoms. The number of hydrogen-bond acceptors (Lipinski definition) is 4. The number of methoxy groups -OCH3 is 1. The number of allylic oxidation sites excluding steroid dienone is 1. The maximum Gasteiger partial charge on any atom is 0.397 e. The lowest BCUT2D eigenvalue weighted by Crippen LogP contribution is -2.44. The molecule has 1 saturated heterocycles. The van der Waals surface area contributed by atoms with E-state index in [0.29, 0.717) is 38.5 Å². The third kappa shape index (κ3) is 6.37. The molecule has 2 aliphatic rings. The number of fused-ring (bicyclic) bond motifs is 1. The summed E-state index contributed by atoms with van der Waals surface area (Å²) < 4.78 is 66.8. The van der Waals surface area contributed by atoms with E-state index in [9.17, 15) is 23.1 Å². The molecule has 2 unspecified atom stereocenters. The molecule has 2 rings (SSSR count). The predicted octanol–water partition coefficient (Wildman–Crippen LogP) is 5.94. The molecule has 0 radical (unpaired) electrons. The van der Waals surface area contributed by atoms with E-state index in [1.807, 2.05) is 6.92 Å². The summed E-state index contributed by atoms with van der Waals surface area (Å²) in [6.07, 6.45) is -2.00. The lowest BCUT2D eigenvalue weighted by atomic mass is 9.78. The average Bonchev–Trinajstić information content (AvgIpc) is 3.29. The number of carbonyl (C=O) groups is 1. The normalized spacial score (nSPS) is 32.0. The zero-order chi connectivity index (χ0) is 24.1. The van der Waals surface area contributed by atoms with Crippen LogP contribution in [0.15, 0.2) is 12.2 Å². The van der Waals surface area contributed by atoms with Gasteiger partial charge in [-0.2, -0.15) is 13.2 Å². The number of halogens is 5. The largest absolute Gasteiger partial charge is 0.469 e. The van der Waals surface area contributed by atoms with Gasteiger partial charge in [-0.3, -0.25) is 4.79 Å². The minimum Gasteiger partial charge on any atom is -0.469 e. The fraction of sp³-hybridized carbons (Fsp3) is 0.870. The molecule has 8 atom stereocenters. The SMILES string of the molecule is CCCCC(C)([C@H](O)C=C[C@H]1CC[C@H]2O[C@@H](C(I)CCCC(=O)OC)[C@@H](F)[C@H]12)C(F)(F)F. The van der Waals surface area contributed by atoms with E-state index in [0.717, 1.165) is 6.92 Å². The van der Waals surface area contributed by atoms with E-state index in [4.69, 9.17) is 4.74 Å². The van der Waals surface area contributed by atoms with Crippen molar-refractivity contribution in [2.45, 2.75) is 99.8 Å². The molecule has 9 heteroatoms. The van der Waals surface area contributed by atoms with E-state index in [-0.39, 0.29) is 34.8 Å². The van der Waals surface area contributed by atoms with Gasteiger partial charge < -0.3 is 14.6 Å². The van der Waals surface area contributed by atoms with Crippen LogP contribution in [0, 0.1) is 17.3 Å². The van der Waals surface area contributed by atoms with Gasteiger partial charge in [0, 0.05) is 16.3 Å². The molecule has 1 N–H and O–H groups in total. The van der Waals surface area contributed by atoms with Crippen molar-refractivity contribution >= 4 is 28.6 Å². The quantitative estimate of drug-likeness (QED) is 0.108. The van der Waals surface area contributed by atoms with Crippen LogP contribution in [-0.2, 0) is 14.3 Å². The smallest absolute Gasteiger partial charge is 0.397 e. The summed E-state index contributed by atoms with van der Waals surface area (Å²) in [5, 5.41) is 10.4. The lowest BCUT2D eigenvalue weighted by molar-refractivity contribution is -0.244. The van der Waals surface area contributed by atoms with Crippen LogP contribution in [0.1, 0.15) is 65.2 Å². The Kier molecular flexibility index (Phi) is 10.3. The van der Waals surface area contributed by atoms with Crippen molar-refractivity contribution in [1.29, 1.82) is 0 Å². The molecule has 1 heterocycles. The number of carbonyl (C=O) groups excluding carboxylic acids is 1. The number of hydrogen-bond donors (Lipinski definition) is 1. The van der Waals surface area contributed by atoms with E-state index >= 15 is 4.39 Å². The Balaban J connectivity index is 2.01. The molecule has 2 fully saturated rings. The van der Waals surface area contributed by atoms with Gasteiger partial charge in [0.15, 0.2) is 0 Å². The number of ether oxygens (including phenoxy) is 2. The maximum absolute atomic E-state index is 15.3. The molecule has 186 valence electrons. The first-order chi connectivity index (χ1) is 15.0. The number of esters is 1. The van der Waals surface area contributed by atoms with Gasteiger partial charge in [-0.25, -0.2) is 4.39 Å². The summed E-state index contributed by atoms with van der Waals surface area (Å²) in [5.41, 5.74) is -2.23. The van der Waals surface area contributed by atoms with Crippen molar-refractivity contribution in [2.75, 3.05) is 7.11 Å². The Labute approximate surface area is 201 Å². The fourth-order valence-corrected chi connectivity index (χ4v) is 5.80. The number of aliphatic hydroxyl groups is 1. The van der Waals surface area contributed by atoms with Crippen LogP contribution in [0.5, 0.6) is 0 Å². The summed E-state index contributed by atoms with van der Waals surface area (Å²) in [5.74, 6) is -0.991. The molecule has 0 spiro atoms. The van der Waals surface area contributed by atoms with Crippen molar-refractivity contribution in [3.8, 4) is 0 Å². The van der Waals surface area contributed by atoms with E-state index in [1.54, 1.807) is 6.08 Å². The highest BCUT2D eigenvalue weighted by molar-refractivity contribution is 14.1. The Morgan fingerprint density at radius 3 is 2.59 bits per heavy atom. The van der Waals surface area contributed by atoms with Crippen LogP contribution in [0.4, 0.5) is 17.6 Å². The molecule has 1 aliphatic heterocycles. The second kappa shape index (κ2) is 11.8. The van der Waals surface area contributed by atoms with E-state index in [2.05, 4.69) is 27.3 Å². The monoisotopic (exact) mass is 578 g/mol. The fourth-order valence-electron chi connectivity index (χ4n) is 4.79. The van der Waals surface area contributed by atoms with Gasteiger partial charge in [-0.15, -0.1) is 0 Å². The molecule has 1 aliphatic carbocycles. The minimum atomic E-state index is -4.53. The van der Waals surface area contributed by atoms with Crippen LogP contribution in [0.25, 0.3) is 0 Å². The van der Waals surface area contributed by atoms with Gasteiger partial charge in [-0.1, -0.05) is 54.5 Å². The Bertz CT molecular complexity index is 644. The van der Waals surface area contributed by atoms with Gasteiger partial charge in [0.25, 0.3) is 0 Å². The van der Waals surface area contributed by atoms with Gasteiger partial charge >= 0.3 is 12.1 Å². The number of rotatable bonds is 11. The van der Waals surface area contributed by atoms with Gasteiger partial charge in [0.05, 0.1) is 24.7 Å². The Hall–Kier alpha value is -0.420. The number of aliphatic hydroxyl groups excluding tert-OH is 1. The number of alkyl halides is 5.